The molecule has 0 bridgehead atoms. The highest BCUT2D eigenvalue weighted by Gasteiger charge is 2.38. The van der Waals surface area contributed by atoms with Crippen molar-refractivity contribution in [2.45, 2.75) is 31.6 Å². The number of aromatic hydroxyl groups is 1. The fourth-order valence-corrected chi connectivity index (χ4v) is 3.45. The predicted octanol–water partition coefficient (Wildman–Crippen LogP) is 2.06. The summed E-state index contributed by atoms with van der Waals surface area (Å²) in [6, 6.07) is 8.49. The summed E-state index contributed by atoms with van der Waals surface area (Å²) >= 11 is 6.14. The van der Waals surface area contributed by atoms with E-state index < -0.39 is 53.0 Å². The normalized spacial score (nSPS) is 19.1. The number of fused-ring (bicyclic) bond motifs is 1. The first-order valence-corrected chi connectivity index (χ1v) is 9.10. The van der Waals surface area contributed by atoms with E-state index in [1.165, 1.54) is 6.92 Å². The number of phenols is 1. The van der Waals surface area contributed by atoms with Crippen LogP contribution in [0.1, 0.15) is 44.9 Å². The number of aliphatic carboxylic acids is 1. The van der Waals surface area contributed by atoms with E-state index >= 15 is 0 Å². The van der Waals surface area contributed by atoms with Crippen molar-refractivity contribution in [1.29, 1.82) is 0 Å². The van der Waals surface area contributed by atoms with Gasteiger partial charge < -0.3 is 25.4 Å². The number of cyclic esters (lactones) is 1. The first kappa shape index (κ1) is 20.6. The maximum atomic E-state index is 12.7. The molecular formula is C20H18ClNO7. The van der Waals surface area contributed by atoms with Crippen LogP contribution in [0.4, 0.5) is 0 Å². The van der Waals surface area contributed by atoms with Crippen LogP contribution in [-0.2, 0) is 16.0 Å². The number of halogens is 1. The topological polar surface area (TPSA) is 133 Å². The molecule has 0 spiro atoms. The lowest BCUT2D eigenvalue weighted by Gasteiger charge is -2.29. The number of carbonyl (C=O) groups is 3. The number of hydrogen-bond donors (Lipinski definition) is 4. The summed E-state index contributed by atoms with van der Waals surface area (Å²) in [6.45, 7) is 1.46. The fourth-order valence-electron chi connectivity index (χ4n) is 3.14. The Bertz CT molecular complexity index is 977. The molecule has 1 heterocycles. The molecule has 152 valence electrons. The molecule has 3 unspecified atom stereocenters. The molecule has 0 saturated heterocycles. The lowest BCUT2D eigenvalue weighted by molar-refractivity contribution is -0.139. The lowest BCUT2D eigenvalue weighted by Crippen LogP contribution is -2.42. The van der Waals surface area contributed by atoms with Crippen molar-refractivity contribution in [1.82, 2.24) is 5.32 Å². The van der Waals surface area contributed by atoms with Gasteiger partial charge in [-0.2, -0.15) is 0 Å². The third kappa shape index (κ3) is 4.03. The average Bonchev–Trinajstić information content (AvgIpc) is 2.67. The minimum atomic E-state index is -1.28. The Kier molecular flexibility index (Phi) is 5.76. The van der Waals surface area contributed by atoms with Gasteiger partial charge in [-0.05, 0) is 18.6 Å². The molecule has 3 atom stereocenters. The molecule has 8 nitrogen and oxygen atoms in total. The Morgan fingerprint density at radius 1 is 1.28 bits per heavy atom. The molecule has 2 aromatic rings. The van der Waals surface area contributed by atoms with Gasteiger partial charge in [0.05, 0.1) is 5.56 Å². The van der Waals surface area contributed by atoms with Crippen LogP contribution in [0, 0.1) is 0 Å². The van der Waals surface area contributed by atoms with Crippen molar-refractivity contribution in [3.05, 3.63) is 63.7 Å². The van der Waals surface area contributed by atoms with Crippen LogP contribution in [0.3, 0.4) is 0 Å². The largest absolute Gasteiger partial charge is 0.506 e. The van der Waals surface area contributed by atoms with Gasteiger partial charge in [0.15, 0.2) is 0 Å². The van der Waals surface area contributed by atoms with Gasteiger partial charge in [-0.1, -0.05) is 41.9 Å². The number of carbonyl (C=O) groups excluding carboxylic acids is 2. The van der Waals surface area contributed by atoms with E-state index in [4.69, 9.17) is 16.3 Å². The number of aliphatic hydroxyl groups is 1. The first-order valence-electron chi connectivity index (χ1n) is 8.72. The zero-order chi connectivity index (χ0) is 21.3. The molecule has 3 rings (SSSR count). The number of rotatable bonds is 5. The summed E-state index contributed by atoms with van der Waals surface area (Å²) in [5, 5.41) is 32.3. The number of hydrogen-bond acceptors (Lipinski definition) is 6. The van der Waals surface area contributed by atoms with Gasteiger partial charge in [-0.25, -0.2) is 9.59 Å². The highest BCUT2D eigenvalue weighted by Crippen LogP contribution is 2.41. The van der Waals surface area contributed by atoms with E-state index in [0.717, 1.165) is 6.07 Å². The molecular weight excluding hydrogens is 402 g/mol. The second kappa shape index (κ2) is 8.10. The zero-order valence-electron chi connectivity index (χ0n) is 15.3. The fraction of sp³-hybridized carbons (Fsp3) is 0.250. The number of aliphatic hydroxyl groups excluding tert-OH is 1. The van der Waals surface area contributed by atoms with Crippen LogP contribution < -0.4 is 5.32 Å². The molecule has 4 N–H and O–H groups in total. The molecule has 0 saturated carbocycles. The lowest BCUT2D eigenvalue weighted by atomic mass is 9.93. The molecule has 1 aliphatic rings. The van der Waals surface area contributed by atoms with Gasteiger partial charge in [-0.3, -0.25) is 4.79 Å². The van der Waals surface area contributed by atoms with Crippen LogP contribution in [0.5, 0.6) is 5.75 Å². The summed E-state index contributed by atoms with van der Waals surface area (Å²) < 4.78 is 4.96. The Balaban J connectivity index is 1.93. The summed E-state index contributed by atoms with van der Waals surface area (Å²) in [5.74, 6) is -3.88. The maximum Gasteiger partial charge on any atom is 0.342 e. The number of carboxylic acid groups (broad SMARTS) is 1. The molecule has 1 amide bonds. The molecule has 29 heavy (non-hydrogen) atoms. The molecule has 0 aromatic heterocycles. The van der Waals surface area contributed by atoms with Crippen molar-refractivity contribution >= 4 is 29.4 Å². The second-order valence-corrected chi connectivity index (χ2v) is 7.06. The summed E-state index contributed by atoms with van der Waals surface area (Å²) in [6.07, 6.45) is -2.14. The monoisotopic (exact) mass is 419 g/mol. The summed E-state index contributed by atoms with van der Waals surface area (Å²) in [7, 11) is 0. The van der Waals surface area contributed by atoms with Gasteiger partial charge in [0, 0.05) is 17.0 Å². The average molecular weight is 420 g/mol. The van der Waals surface area contributed by atoms with Crippen molar-refractivity contribution < 1.29 is 34.4 Å². The minimum Gasteiger partial charge on any atom is -0.506 e. The predicted molar refractivity (Wildman–Crippen MR) is 102 cm³/mol. The van der Waals surface area contributed by atoms with Crippen molar-refractivity contribution in [3.8, 4) is 5.75 Å². The first-order chi connectivity index (χ1) is 13.7. The van der Waals surface area contributed by atoms with Gasteiger partial charge in [-0.15, -0.1) is 0 Å². The SMILES string of the molecule is CC1OC(=O)c2c(O)c(C(=O)NC(Cc3ccccc3)C(=O)O)cc(Cl)c2C1O. The molecule has 0 radical (unpaired) electrons. The van der Waals surface area contributed by atoms with Crippen LogP contribution >= 0.6 is 11.6 Å². The van der Waals surface area contributed by atoms with Gasteiger partial charge in [0.1, 0.15) is 29.6 Å². The van der Waals surface area contributed by atoms with Gasteiger partial charge in [0.25, 0.3) is 5.91 Å². The van der Waals surface area contributed by atoms with E-state index in [2.05, 4.69) is 5.32 Å². The summed E-state index contributed by atoms with van der Waals surface area (Å²) in [4.78, 5) is 36.4. The molecule has 9 heteroatoms. The Hall–Kier alpha value is -3.10. The third-order valence-electron chi connectivity index (χ3n) is 4.66. The quantitative estimate of drug-likeness (QED) is 0.545. The number of phenolic OH excluding ortho intramolecular Hbond substituents is 1. The molecule has 1 aliphatic heterocycles. The number of nitrogens with one attached hydrogen (secondary N) is 1. The Labute approximate surface area is 170 Å². The smallest absolute Gasteiger partial charge is 0.342 e. The van der Waals surface area contributed by atoms with Crippen LogP contribution in [0.15, 0.2) is 36.4 Å². The molecule has 2 aromatic carbocycles. The van der Waals surface area contributed by atoms with Crippen molar-refractivity contribution in [3.63, 3.8) is 0 Å². The van der Waals surface area contributed by atoms with E-state index in [1.807, 2.05) is 0 Å². The highest BCUT2D eigenvalue weighted by atomic mass is 35.5. The Morgan fingerprint density at radius 2 is 1.93 bits per heavy atom. The number of esters is 1. The van der Waals surface area contributed by atoms with Crippen molar-refractivity contribution in [2.24, 2.45) is 0 Å². The molecule has 0 fully saturated rings. The van der Waals surface area contributed by atoms with E-state index in [1.54, 1.807) is 30.3 Å². The second-order valence-electron chi connectivity index (χ2n) is 6.65. The minimum absolute atomic E-state index is 0.0135. The Morgan fingerprint density at radius 3 is 2.55 bits per heavy atom. The van der Waals surface area contributed by atoms with E-state index in [0.29, 0.717) is 5.56 Å². The van der Waals surface area contributed by atoms with Gasteiger partial charge >= 0.3 is 11.9 Å². The third-order valence-corrected chi connectivity index (χ3v) is 4.97. The van der Waals surface area contributed by atoms with Crippen LogP contribution in [0.25, 0.3) is 0 Å². The standard InChI is InChI=1S/C20H18ClNO7/c1-9-16(23)14-12(21)8-11(17(24)15(14)20(28)29-9)18(25)22-13(19(26)27)7-10-5-3-2-4-6-10/h2-6,8-9,13,16,23-24H,7H2,1H3,(H,22,25)(H,26,27). The number of amides is 1. The number of benzene rings is 2. The number of carboxylic acids is 1. The van der Waals surface area contributed by atoms with Gasteiger partial charge in [0.2, 0.25) is 0 Å². The van der Waals surface area contributed by atoms with Crippen LogP contribution in [-0.4, -0.2) is 45.3 Å². The van der Waals surface area contributed by atoms with Crippen LogP contribution in [0.2, 0.25) is 5.02 Å². The zero-order valence-corrected chi connectivity index (χ0v) is 16.0. The maximum absolute atomic E-state index is 12.7. The van der Waals surface area contributed by atoms with E-state index in [-0.39, 0.29) is 17.0 Å². The number of ether oxygens (including phenoxy) is 1. The van der Waals surface area contributed by atoms with Crippen molar-refractivity contribution in [2.75, 3.05) is 0 Å². The summed E-state index contributed by atoms with van der Waals surface area (Å²) in [5.41, 5.74) is -0.160. The van der Waals surface area contributed by atoms with E-state index in [9.17, 15) is 29.7 Å². The highest BCUT2D eigenvalue weighted by molar-refractivity contribution is 6.32. The molecule has 0 aliphatic carbocycles.